The van der Waals surface area contributed by atoms with Crippen LogP contribution in [0.25, 0.3) is 0 Å². The summed E-state index contributed by atoms with van der Waals surface area (Å²) in [6.45, 7) is 0.101. The van der Waals surface area contributed by atoms with E-state index < -0.39 is 33.3 Å². The van der Waals surface area contributed by atoms with Crippen LogP contribution in [-0.4, -0.2) is 62.6 Å². The average Bonchev–Trinajstić information content (AvgIpc) is 2.98. The number of carbonyl (C=O) groups is 1. The van der Waals surface area contributed by atoms with E-state index in [1.165, 1.54) is 7.11 Å². The first kappa shape index (κ1) is 24.0. The van der Waals surface area contributed by atoms with Crippen molar-refractivity contribution in [1.82, 2.24) is 4.90 Å². The molecule has 0 spiro atoms. The van der Waals surface area contributed by atoms with Crippen LogP contribution in [0.15, 0.2) is 12.1 Å². The first-order chi connectivity index (χ1) is 14.6. The summed E-state index contributed by atoms with van der Waals surface area (Å²) in [7, 11) is -1.92. The van der Waals surface area contributed by atoms with Crippen molar-refractivity contribution in [3.63, 3.8) is 0 Å². The number of ether oxygens (including phenoxy) is 1. The number of amides is 1. The number of methoxy groups -OCH3 is 1. The van der Waals surface area contributed by atoms with E-state index in [-0.39, 0.29) is 60.4 Å². The number of hydrogen-bond acceptors (Lipinski definition) is 5. The molecular formula is C21H29F3N2O4S. The quantitative estimate of drug-likeness (QED) is 0.569. The van der Waals surface area contributed by atoms with E-state index >= 15 is 0 Å². The van der Waals surface area contributed by atoms with Gasteiger partial charge in [0.05, 0.1) is 18.1 Å². The van der Waals surface area contributed by atoms with Crippen LogP contribution < -0.4 is 5.73 Å². The number of piperidine rings is 1. The minimum Gasteiger partial charge on any atom is -0.384 e. The van der Waals surface area contributed by atoms with E-state index in [0.29, 0.717) is 18.9 Å². The van der Waals surface area contributed by atoms with Gasteiger partial charge in [0.1, 0.15) is 5.82 Å². The summed E-state index contributed by atoms with van der Waals surface area (Å²) in [6.07, 6.45) is 2.91. The minimum atomic E-state index is -3.35. The lowest BCUT2D eigenvalue weighted by Crippen LogP contribution is -2.50. The second-order valence-corrected chi connectivity index (χ2v) is 10.8. The molecule has 0 aliphatic carbocycles. The van der Waals surface area contributed by atoms with Gasteiger partial charge >= 0.3 is 0 Å². The molecule has 1 unspecified atom stereocenters. The molecule has 0 saturated carbocycles. The van der Waals surface area contributed by atoms with Crippen molar-refractivity contribution < 1.29 is 31.1 Å². The Balaban J connectivity index is 1.58. The number of benzene rings is 1. The zero-order valence-corrected chi connectivity index (χ0v) is 18.3. The summed E-state index contributed by atoms with van der Waals surface area (Å²) in [4.78, 5) is 14.5. The van der Waals surface area contributed by atoms with Gasteiger partial charge in [-0.15, -0.1) is 0 Å². The molecule has 1 amide bonds. The highest BCUT2D eigenvalue weighted by atomic mass is 32.2. The second-order valence-electron chi connectivity index (χ2n) is 8.54. The summed E-state index contributed by atoms with van der Waals surface area (Å²) in [5, 5.41) is 0. The molecule has 2 bridgehead atoms. The summed E-state index contributed by atoms with van der Waals surface area (Å²) in [6, 6.07) is 0.872. The molecule has 2 N–H and O–H groups in total. The van der Waals surface area contributed by atoms with Crippen LogP contribution in [0.5, 0.6) is 0 Å². The maximum Gasteiger partial charge on any atom is 0.224 e. The maximum atomic E-state index is 14.0. The number of nitrogens with zero attached hydrogens (tertiary/aromatic N) is 1. The summed E-state index contributed by atoms with van der Waals surface area (Å²) in [5.41, 5.74) is 6.34. The van der Waals surface area contributed by atoms with Gasteiger partial charge in [0.2, 0.25) is 5.91 Å². The molecule has 2 aliphatic heterocycles. The largest absolute Gasteiger partial charge is 0.384 e. The van der Waals surface area contributed by atoms with Crippen LogP contribution in [0.1, 0.15) is 37.7 Å². The smallest absolute Gasteiger partial charge is 0.224 e. The number of carbonyl (C=O) groups excluding carboxylic acids is 1. The molecule has 0 aromatic heterocycles. The fourth-order valence-electron chi connectivity index (χ4n) is 4.80. The van der Waals surface area contributed by atoms with Gasteiger partial charge in [0.15, 0.2) is 21.5 Å². The summed E-state index contributed by atoms with van der Waals surface area (Å²) < 4.78 is 69.4. The lowest BCUT2D eigenvalue weighted by atomic mass is 9.82. The van der Waals surface area contributed by atoms with Crippen molar-refractivity contribution in [1.29, 1.82) is 0 Å². The Morgan fingerprint density at radius 2 is 1.74 bits per heavy atom. The standard InChI is InChI=1S/C21H29F3N2O4S/c1-30-5-7-31(28,29)6-4-21(27)26-15-2-3-16(26)9-14(8-15)20(25)11-13-10-18(23)19(24)12-17(13)22/h10,12,14-16,20H,2-9,11,25H2,1H3/t14-,15-,16+,20?. The van der Waals surface area contributed by atoms with E-state index in [2.05, 4.69) is 0 Å². The molecule has 31 heavy (non-hydrogen) atoms. The molecule has 174 valence electrons. The molecule has 1 aromatic carbocycles. The number of nitrogens with two attached hydrogens (primary N) is 1. The Kier molecular flexibility index (Phi) is 7.64. The van der Waals surface area contributed by atoms with Gasteiger partial charge in [-0.05, 0) is 49.7 Å². The van der Waals surface area contributed by atoms with Gasteiger partial charge in [0, 0.05) is 37.7 Å². The molecule has 6 nitrogen and oxygen atoms in total. The van der Waals surface area contributed by atoms with Gasteiger partial charge < -0.3 is 15.4 Å². The van der Waals surface area contributed by atoms with Gasteiger partial charge in [-0.1, -0.05) is 0 Å². The highest BCUT2D eigenvalue weighted by Crippen LogP contribution is 2.40. The maximum absolute atomic E-state index is 14.0. The second kappa shape index (κ2) is 9.87. The van der Waals surface area contributed by atoms with Crippen molar-refractivity contribution in [3.8, 4) is 0 Å². The van der Waals surface area contributed by atoms with E-state index in [4.69, 9.17) is 10.5 Å². The van der Waals surface area contributed by atoms with Crippen LogP contribution in [0.2, 0.25) is 0 Å². The Labute approximate surface area is 180 Å². The Bertz CT molecular complexity index is 898. The predicted octanol–water partition coefficient (Wildman–Crippen LogP) is 2.19. The highest BCUT2D eigenvalue weighted by Gasteiger charge is 2.44. The fourth-order valence-corrected chi connectivity index (χ4v) is 5.91. The van der Waals surface area contributed by atoms with Crippen LogP contribution in [0.4, 0.5) is 13.2 Å². The minimum absolute atomic E-state index is 0.0134. The van der Waals surface area contributed by atoms with Gasteiger partial charge in [-0.3, -0.25) is 4.79 Å². The third-order valence-electron chi connectivity index (χ3n) is 6.43. The first-order valence-corrected chi connectivity index (χ1v) is 12.3. The van der Waals surface area contributed by atoms with Crippen molar-refractivity contribution in [3.05, 3.63) is 35.1 Å². The SMILES string of the molecule is COCCS(=O)(=O)CCC(=O)N1[C@@H]2CC[C@H]1C[C@H](C(N)Cc1cc(F)c(F)cc1F)C2. The summed E-state index contributed by atoms with van der Waals surface area (Å²) in [5.74, 6) is -3.63. The zero-order valence-electron chi connectivity index (χ0n) is 17.5. The van der Waals surface area contributed by atoms with Crippen LogP contribution >= 0.6 is 0 Å². The van der Waals surface area contributed by atoms with Crippen molar-refractivity contribution >= 4 is 15.7 Å². The third-order valence-corrected chi connectivity index (χ3v) is 8.05. The topological polar surface area (TPSA) is 89.7 Å². The molecule has 10 heteroatoms. The third kappa shape index (κ3) is 5.78. The van der Waals surface area contributed by atoms with E-state index in [1.807, 2.05) is 0 Å². The highest BCUT2D eigenvalue weighted by molar-refractivity contribution is 7.91. The first-order valence-electron chi connectivity index (χ1n) is 10.5. The Morgan fingerprint density at radius 3 is 2.35 bits per heavy atom. The summed E-state index contributed by atoms with van der Waals surface area (Å²) >= 11 is 0. The number of sulfone groups is 1. The number of hydrogen-bond donors (Lipinski definition) is 1. The number of fused-ring (bicyclic) bond motifs is 2. The van der Waals surface area contributed by atoms with E-state index in [9.17, 15) is 26.4 Å². The van der Waals surface area contributed by atoms with Crippen molar-refractivity contribution in [2.75, 3.05) is 25.2 Å². The van der Waals surface area contributed by atoms with Crippen LogP contribution in [-0.2, 0) is 25.8 Å². The Morgan fingerprint density at radius 1 is 1.13 bits per heavy atom. The zero-order chi connectivity index (χ0) is 22.8. The molecular weight excluding hydrogens is 433 g/mol. The molecule has 2 aliphatic rings. The van der Waals surface area contributed by atoms with Gasteiger partial charge in [-0.25, -0.2) is 21.6 Å². The lowest BCUT2D eigenvalue weighted by molar-refractivity contribution is -0.136. The molecule has 1 aromatic rings. The van der Waals surface area contributed by atoms with Gasteiger partial charge in [-0.2, -0.15) is 0 Å². The molecule has 0 radical (unpaired) electrons. The average molecular weight is 463 g/mol. The predicted molar refractivity (Wildman–Crippen MR) is 110 cm³/mol. The normalized spacial score (nSPS) is 24.4. The van der Waals surface area contributed by atoms with Crippen LogP contribution in [0.3, 0.4) is 0 Å². The monoisotopic (exact) mass is 462 g/mol. The number of halogens is 3. The molecule has 3 rings (SSSR count). The van der Waals surface area contributed by atoms with E-state index in [0.717, 1.165) is 18.9 Å². The molecule has 2 fully saturated rings. The molecule has 4 atom stereocenters. The number of rotatable bonds is 9. The van der Waals surface area contributed by atoms with Crippen molar-refractivity contribution in [2.24, 2.45) is 11.7 Å². The lowest BCUT2D eigenvalue weighted by Gasteiger charge is -2.41. The van der Waals surface area contributed by atoms with Gasteiger partial charge in [0.25, 0.3) is 0 Å². The van der Waals surface area contributed by atoms with Crippen LogP contribution in [0, 0.1) is 23.4 Å². The van der Waals surface area contributed by atoms with Crippen molar-refractivity contribution in [2.45, 2.75) is 56.7 Å². The molecule has 2 saturated heterocycles. The van der Waals surface area contributed by atoms with E-state index in [1.54, 1.807) is 4.90 Å². The fraction of sp³-hybridized carbons (Fsp3) is 0.667. The molecule has 2 heterocycles. The Hall–Kier alpha value is -1.65.